The van der Waals surface area contributed by atoms with E-state index >= 15 is 0 Å². The number of carbonyl (C=O) groups excluding carboxylic acids is 1. The first-order valence-corrected chi connectivity index (χ1v) is 6.80. The molecule has 3 heterocycles. The number of imidazole rings is 1. The maximum absolute atomic E-state index is 12.6. The van der Waals surface area contributed by atoms with Crippen LogP contribution in [0.4, 0.5) is 0 Å². The van der Waals surface area contributed by atoms with Gasteiger partial charge < -0.3 is 10.0 Å². The molecule has 1 N–H and O–H groups in total. The molecule has 1 fully saturated rings. The van der Waals surface area contributed by atoms with Crippen molar-refractivity contribution in [1.29, 1.82) is 0 Å². The Kier molecular flexibility index (Phi) is 2.28. The smallest absolute Gasteiger partial charge is 0.356 e. The van der Waals surface area contributed by atoms with Gasteiger partial charge in [-0.25, -0.2) is 9.78 Å². The Morgan fingerprint density at radius 3 is 2.90 bits per heavy atom. The van der Waals surface area contributed by atoms with Gasteiger partial charge in [-0.2, -0.15) is 0 Å². The van der Waals surface area contributed by atoms with Crippen LogP contribution >= 0.6 is 0 Å². The number of nitrogens with zero attached hydrogens (tertiary/aromatic N) is 3. The van der Waals surface area contributed by atoms with Crippen molar-refractivity contribution in [3.63, 3.8) is 0 Å². The molecular formula is C15H13N3O3. The number of aromatic carboxylic acids is 1. The molecule has 106 valence electrons. The average molecular weight is 283 g/mol. The third kappa shape index (κ3) is 1.50. The fourth-order valence-corrected chi connectivity index (χ4v) is 3.13. The standard InChI is InChI=1S/C15H13N3O3/c1-8-2-3-10-9(6-8)14(19)17-5-4-11(17)13-12(15(20)21)16-7-18(10)13/h2-3,6-7,11H,4-5H2,1H3,(H,20,21)/t11-/m0/s1. The summed E-state index contributed by atoms with van der Waals surface area (Å²) < 4.78 is 1.75. The summed E-state index contributed by atoms with van der Waals surface area (Å²) in [6.45, 7) is 2.59. The number of amides is 1. The van der Waals surface area contributed by atoms with Crippen LogP contribution in [0.2, 0.25) is 0 Å². The van der Waals surface area contributed by atoms with E-state index in [4.69, 9.17) is 0 Å². The Morgan fingerprint density at radius 2 is 2.24 bits per heavy atom. The van der Waals surface area contributed by atoms with E-state index in [1.54, 1.807) is 9.47 Å². The lowest BCUT2D eigenvalue weighted by Gasteiger charge is -2.39. The van der Waals surface area contributed by atoms with E-state index in [0.29, 0.717) is 23.5 Å². The van der Waals surface area contributed by atoms with Crippen LogP contribution in [-0.2, 0) is 0 Å². The van der Waals surface area contributed by atoms with E-state index in [9.17, 15) is 14.7 Å². The fraction of sp³-hybridized carbons (Fsp3) is 0.267. The van der Waals surface area contributed by atoms with E-state index < -0.39 is 5.97 Å². The lowest BCUT2D eigenvalue weighted by Crippen LogP contribution is -2.45. The third-order valence-corrected chi connectivity index (χ3v) is 4.25. The second-order valence-electron chi connectivity index (χ2n) is 5.48. The highest BCUT2D eigenvalue weighted by atomic mass is 16.4. The topological polar surface area (TPSA) is 75.4 Å². The third-order valence-electron chi connectivity index (χ3n) is 4.25. The number of aryl methyl sites for hydroxylation is 1. The summed E-state index contributed by atoms with van der Waals surface area (Å²) in [5, 5.41) is 9.33. The molecule has 1 atom stereocenters. The van der Waals surface area contributed by atoms with E-state index in [1.165, 1.54) is 6.33 Å². The number of aromatic nitrogens is 2. The van der Waals surface area contributed by atoms with Gasteiger partial charge in [0.2, 0.25) is 0 Å². The van der Waals surface area contributed by atoms with Crippen molar-refractivity contribution in [2.24, 2.45) is 0 Å². The van der Waals surface area contributed by atoms with E-state index in [0.717, 1.165) is 12.0 Å². The van der Waals surface area contributed by atoms with Gasteiger partial charge in [-0.1, -0.05) is 11.6 Å². The Morgan fingerprint density at radius 1 is 1.43 bits per heavy atom. The van der Waals surface area contributed by atoms with Gasteiger partial charge in [0.25, 0.3) is 5.91 Å². The minimum Gasteiger partial charge on any atom is -0.476 e. The highest BCUT2D eigenvalue weighted by molar-refractivity contribution is 6.00. The zero-order valence-corrected chi connectivity index (χ0v) is 11.4. The van der Waals surface area contributed by atoms with Crippen molar-refractivity contribution in [2.75, 3.05) is 6.54 Å². The molecule has 0 unspecified atom stereocenters. The minimum atomic E-state index is -1.06. The predicted octanol–water partition coefficient (Wildman–Crippen LogP) is 1.78. The average Bonchev–Trinajstić information content (AvgIpc) is 2.79. The van der Waals surface area contributed by atoms with Gasteiger partial charge in [0.05, 0.1) is 23.0 Å². The van der Waals surface area contributed by atoms with Crippen molar-refractivity contribution in [3.05, 3.63) is 47.0 Å². The van der Waals surface area contributed by atoms with Crippen molar-refractivity contribution in [1.82, 2.24) is 14.5 Å². The summed E-state index contributed by atoms with van der Waals surface area (Å²) in [5.41, 5.74) is 2.94. The fourth-order valence-electron chi connectivity index (χ4n) is 3.13. The molecule has 6 heteroatoms. The number of carbonyl (C=O) groups is 2. The molecule has 4 rings (SSSR count). The van der Waals surface area contributed by atoms with Crippen LogP contribution in [0.15, 0.2) is 24.5 Å². The second kappa shape index (κ2) is 3.94. The summed E-state index contributed by atoms with van der Waals surface area (Å²) in [4.78, 5) is 29.8. The lowest BCUT2D eigenvalue weighted by atomic mass is 9.97. The number of rotatable bonds is 1. The summed E-state index contributed by atoms with van der Waals surface area (Å²) in [6, 6.07) is 5.42. The molecule has 0 spiro atoms. The van der Waals surface area contributed by atoms with E-state index in [1.807, 2.05) is 25.1 Å². The van der Waals surface area contributed by atoms with E-state index in [2.05, 4.69) is 4.98 Å². The molecule has 1 saturated heterocycles. The number of hydrogen-bond donors (Lipinski definition) is 1. The monoisotopic (exact) mass is 283 g/mol. The lowest BCUT2D eigenvalue weighted by molar-refractivity contribution is 0.0449. The Labute approximate surface area is 120 Å². The summed E-state index contributed by atoms with van der Waals surface area (Å²) in [7, 11) is 0. The molecule has 1 aromatic carbocycles. The van der Waals surface area contributed by atoms with Crippen LogP contribution in [0.25, 0.3) is 5.69 Å². The number of carboxylic acid groups (broad SMARTS) is 1. The first kappa shape index (κ1) is 12.1. The molecule has 21 heavy (non-hydrogen) atoms. The second-order valence-corrected chi connectivity index (χ2v) is 5.48. The van der Waals surface area contributed by atoms with Crippen LogP contribution < -0.4 is 0 Å². The molecule has 1 aromatic heterocycles. The quantitative estimate of drug-likeness (QED) is 0.865. The van der Waals surface area contributed by atoms with Gasteiger partial charge in [-0.3, -0.25) is 9.36 Å². The zero-order valence-electron chi connectivity index (χ0n) is 11.4. The van der Waals surface area contributed by atoms with Crippen molar-refractivity contribution in [3.8, 4) is 5.69 Å². The Hall–Kier alpha value is -2.63. The van der Waals surface area contributed by atoms with Gasteiger partial charge in [-0.05, 0) is 25.5 Å². The van der Waals surface area contributed by atoms with Gasteiger partial charge in [0, 0.05) is 6.54 Å². The zero-order chi connectivity index (χ0) is 14.7. The molecule has 6 nitrogen and oxygen atoms in total. The van der Waals surface area contributed by atoms with Gasteiger partial charge in [-0.15, -0.1) is 0 Å². The predicted molar refractivity (Wildman–Crippen MR) is 73.7 cm³/mol. The molecule has 0 bridgehead atoms. The number of benzene rings is 1. The van der Waals surface area contributed by atoms with Crippen molar-refractivity contribution in [2.45, 2.75) is 19.4 Å². The van der Waals surface area contributed by atoms with Crippen LogP contribution in [0, 0.1) is 6.92 Å². The number of fused-ring (bicyclic) bond motifs is 5. The molecular weight excluding hydrogens is 270 g/mol. The van der Waals surface area contributed by atoms with Crippen LogP contribution in [-0.4, -0.2) is 38.0 Å². The van der Waals surface area contributed by atoms with Gasteiger partial charge >= 0.3 is 5.97 Å². The van der Waals surface area contributed by atoms with E-state index in [-0.39, 0.29) is 17.6 Å². The first-order valence-electron chi connectivity index (χ1n) is 6.80. The van der Waals surface area contributed by atoms with Crippen LogP contribution in [0.1, 0.15) is 44.6 Å². The van der Waals surface area contributed by atoms with Crippen LogP contribution in [0.3, 0.4) is 0 Å². The minimum absolute atomic E-state index is 0.0333. The normalized spacial score (nSPS) is 19.2. The number of hydrogen-bond acceptors (Lipinski definition) is 3. The molecule has 2 aromatic rings. The molecule has 0 radical (unpaired) electrons. The molecule has 1 amide bonds. The van der Waals surface area contributed by atoms with Crippen molar-refractivity contribution >= 4 is 11.9 Å². The highest BCUT2D eigenvalue weighted by Crippen LogP contribution is 2.41. The molecule has 0 aliphatic carbocycles. The molecule has 0 saturated carbocycles. The summed E-state index contributed by atoms with van der Waals surface area (Å²) in [6.07, 6.45) is 2.27. The summed E-state index contributed by atoms with van der Waals surface area (Å²) >= 11 is 0. The van der Waals surface area contributed by atoms with Crippen molar-refractivity contribution < 1.29 is 14.7 Å². The van der Waals surface area contributed by atoms with Crippen LogP contribution in [0.5, 0.6) is 0 Å². The van der Waals surface area contributed by atoms with Gasteiger partial charge in [0.15, 0.2) is 5.69 Å². The number of carboxylic acids is 1. The Balaban J connectivity index is 2.04. The largest absolute Gasteiger partial charge is 0.476 e. The maximum atomic E-state index is 12.6. The summed E-state index contributed by atoms with van der Waals surface area (Å²) in [5.74, 6) is -1.09. The van der Waals surface area contributed by atoms with Gasteiger partial charge in [0.1, 0.15) is 6.33 Å². The SMILES string of the molecule is Cc1ccc2c(c1)C(=O)N1CC[C@H]1c1c(C(=O)O)ncn1-2. The Bertz CT molecular complexity index is 793. The first-order chi connectivity index (χ1) is 10.1. The maximum Gasteiger partial charge on any atom is 0.356 e. The highest BCUT2D eigenvalue weighted by Gasteiger charge is 2.42. The molecule has 2 aliphatic rings. The molecule has 2 aliphatic heterocycles.